The van der Waals surface area contributed by atoms with E-state index in [0.717, 1.165) is 56.8 Å². The summed E-state index contributed by atoms with van der Waals surface area (Å²) in [5.74, 6) is 1.14. The molecule has 26 heavy (non-hydrogen) atoms. The SMILES string of the molecule is COc1cccc(CC2(C(=O)N3CCCc4ccccc4C3)CNC2)c1. The van der Waals surface area contributed by atoms with Crippen LogP contribution in [0.2, 0.25) is 0 Å². The Morgan fingerprint density at radius 3 is 2.69 bits per heavy atom. The Morgan fingerprint density at radius 1 is 1.15 bits per heavy atom. The van der Waals surface area contributed by atoms with E-state index in [4.69, 9.17) is 4.74 Å². The molecule has 0 spiro atoms. The molecule has 2 aliphatic rings. The normalized spacial score (nSPS) is 18.4. The molecule has 1 amide bonds. The second-order valence-corrected chi connectivity index (χ2v) is 7.51. The third-order valence-corrected chi connectivity index (χ3v) is 5.70. The van der Waals surface area contributed by atoms with Gasteiger partial charge in [-0.15, -0.1) is 0 Å². The van der Waals surface area contributed by atoms with Crippen molar-refractivity contribution in [1.82, 2.24) is 10.2 Å². The van der Waals surface area contributed by atoms with Crippen LogP contribution in [0.25, 0.3) is 0 Å². The molecule has 0 aliphatic carbocycles. The minimum Gasteiger partial charge on any atom is -0.497 e. The van der Waals surface area contributed by atoms with Gasteiger partial charge in [0.1, 0.15) is 5.75 Å². The van der Waals surface area contributed by atoms with E-state index in [-0.39, 0.29) is 11.3 Å². The van der Waals surface area contributed by atoms with Crippen LogP contribution in [-0.2, 0) is 24.2 Å². The Balaban J connectivity index is 1.55. The van der Waals surface area contributed by atoms with Crippen LogP contribution in [-0.4, -0.2) is 37.6 Å². The van der Waals surface area contributed by atoms with E-state index in [1.54, 1.807) is 7.11 Å². The van der Waals surface area contributed by atoms with Crippen molar-refractivity contribution in [2.45, 2.75) is 25.8 Å². The van der Waals surface area contributed by atoms with Gasteiger partial charge in [-0.3, -0.25) is 4.79 Å². The molecular formula is C22H26N2O2. The predicted molar refractivity (Wildman–Crippen MR) is 102 cm³/mol. The standard InChI is InChI=1S/C22H26N2O2/c1-26-20-10-4-6-17(12-20)13-22(15-23-16-22)21(25)24-11-5-9-18-7-2-3-8-19(18)14-24/h2-4,6-8,10,12,23H,5,9,11,13-16H2,1H3. The van der Waals surface area contributed by atoms with Gasteiger partial charge in [0.2, 0.25) is 5.91 Å². The van der Waals surface area contributed by atoms with Crippen LogP contribution < -0.4 is 10.1 Å². The Bertz CT molecular complexity index is 798. The maximum Gasteiger partial charge on any atom is 0.232 e. The summed E-state index contributed by atoms with van der Waals surface area (Å²) in [5.41, 5.74) is 3.51. The highest BCUT2D eigenvalue weighted by molar-refractivity contribution is 5.85. The van der Waals surface area contributed by atoms with Gasteiger partial charge in [0, 0.05) is 26.2 Å². The molecule has 1 fully saturated rings. The summed E-state index contributed by atoms with van der Waals surface area (Å²) in [6, 6.07) is 16.6. The summed E-state index contributed by atoms with van der Waals surface area (Å²) in [7, 11) is 1.68. The summed E-state index contributed by atoms with van der Waals surface area (Å²) in [4.78, 5) is 15.6. The van der Waals surface area contributed by atoms with Crippen molar-refractivity contribution in [3.05, 3.63) is 65.2 Å². The summed E-state index contributed by atoms with van der Waals surface area (Å²) in [5, 5.41) is 3.33. The first-order valence-electron chi connectivity index (χ1n) is 9.40. The van der Waals surface area contributed by atoms with Gasteiger partial charge >= 0.3 is 0 Å². The molecule has 0 atom stereocenters. The van der Waals surface area contributed by atoms with Crippen molar-refractivity contribution in [3.8, 4) is 5.75 Å². The highest BCUT2D eigenvalue weighted by atomic mass is 16.5. The average molecular weight is 350 g/mol. The molecule has 1 N–H and O–H groups in total. The predicted octanol–water partition coefficient (Wildman–Crippen LogP) is 2.80. The van der Waals surface area contributed by atoms with Crippen molar-refractivity contribution < 1.29 is 9.53 Å². The number of ether oxygens (including phenoxy) is 1. The molecule has 0 aromatic heterocycles. The quantitative estimate of drug-likeness (QED) is 0.922. The van der Waals surface area contributed by atoms with Crippen LogP contribution in [0.5, 0.6) is 5.75 Å². The second-order valence-electron chi connectivity index (χ2n) is 7.51. The number of hydrogen-bond acceptors (Lipinski definition) is 3. The third kappa shape index (κ3) is 3.21. The summed E-state index contributed by atoms with van der Waals surface area (Å²) in [6.07, 6.45) is 2.85. The number of fused-ring (bicyclic) bond motifs is 1. The van der Waals surface area contributed by atoms with E-state index in [1.165, 1.54) is 11.1 Å². The van der Waals surface area contributed by atoms with Crippen LogP contribution in [0.15, 0.2) is 48.5 Å². The van der Waals surface area contributed by atoms with Crippen molar-refractivity contribution in [1.29, 1.82) is 0 Å². The first kappa shape index (κ1) is 17.1. The molecule has 2 aromatic rings. The van der Waals surface area contributed by atoms with Crippen molar-refractivity contribution in [3.63, 3.8) is 0 Å². The zero-order valence-electron chi connectivity index (χ0n) is 15.3. The molecule has 0 saturated carbocycles. The number of aryl methyl sites for hydroxylation is 1. The van der Waals surface area contributed by atoms with Gasteiger partial charge in [0.15, 0.2) is 0 Å². The number of nitrogens with zero attached hydrogens (tertiary/aromatic N) is 1. The van der Waals surface area contributed by atoms with E-state index in [0.29, 0.717) is 0 Å². The Morgan fingerprint density at radius 2 is 1.96 bits per heavy atom. The number of methoxy groups -OCH3 is 1. The molecule has 0 radical (unpaired) electrons. The topological polar surface area (TPSA) is 41.6 Å². The van der Waals surface area contributed by atoms with Gasteiger partial charge in [-0.2, -0.15) is 0 Å². The molecule has 136 valence electrons. The lowest BCUT2D eigenvalue weighted by molar-refractivity contribution is -0.146. The fourth-order valence-corrected chi connectivity index (χ4v) is 4.16. The van der Waals surface area contributed by atoms with Crippen LogP contribution in [0.3, 0.4) is 0 Å². The van der Waals surface area contributed by atoms with Gasteiger partial charge in [-0.05, 0) is 48.1 Å². The van der Waals surface area contributed by atoms with Crippen molar-refractivity contribution in [2.75, 3.05) is 26.7 Å². The average Bonchev–Trinajstić information content (AvgIpc) is 2.86. The van der Waals surface area contributed by atoms with Crippen LogP contribution in [0, 0.1) is 5.41 Å². The fourth-order valence-electron chi connectivity index (χ4n) is 4.16. The molecule has 0 bridgehead atoms. The summed E-state index contributed by atoms with van der Waals surface area (Å²) < 4.78 is 5.34. The zero-order chi connectivity index (χ0) is 18.0. The van der Waals surface area contributed by atoms with Gasteiger partial charge < -0.3 is 15.0 Å². The molecule has 4 rings (SSSR count). The maximum absolute atomic E-state index is 13.5. The van der Waals surface area contributed by atoms with Gasteiger partial charge in [0.05, 0.1) is 12.5 Å². The van der Waals surface area contributed by atoms with E-state index in [9.17, 15) is 4.79 Å². The Hall–Kier alpha value is -2.33. The monoisotopic (exact) mass is 350 g/mol. The lowest BCUT2D eigenvalue weighted by atomic mass is 9.75. The Labute approximate surface area is 155 Å². The highest BCUT2D eigenvalue weighted by Gasteiger charge is 2.46. The molecule has 1 saturated heterocycles. The number of carbonyl (C=O) groups excluding carboxylic acids is 1. The molecule has 0 unspecified atom stereocenters. The lowest BCUT2D eigenvalue weighted by Crippen LogP contribution is -2.63. The van der Waals surface area contributed by atoms with Gasteiger partial charge in [-0.25, -0.2) is 0 Å². The van der Waals surface area contributed by atoms with E-state index >= 15 is 0 Å². The molecule has 2 heterocycles. The maximum atomic E-state index is 13.5. The first-order valence-corrected chi connectivity index (χ1v) is 9.40. The van der Waals surface area contributed by atoms with Crippen LogP contribution in [0.4, 0.5) is 0 Å². The van der Waals surface area contributed by atoms with E-state index < -0.39 is 0 Å². The zero-order valence-corrected chi connectivity index (χ0v) is 15.3. The number of amides is 1. The molecule has 2 aromatic carbocycles. The summed E-state index contributed by atoms with van der Waals surface area (Å²) >= 11 is 0. The highest BCUT2D eigenvalue weighted by Crippen LogP contribution is 2.33. The van der Waals surface area contributed by atoms with E-state index in [2.05, 4.69) is 40.5 Å². The summed E-state index contributed by atoms with van der Waals surface area (Å²) in [6.45, 7) is 3.07. The number of hydrogen-bond donors (Lipinski definition) is 1. The third-order valence-electron chi connectivity index (χ3n) is 5.70. The van der Waals surface area contributed by atoms with Gasteiger partial charge in [-0.1, -0.05) is 36.4 Å². The molecule has 2 aliphatic heterocycles. The fraction of sp³-hybridized carbons (Fsp3) is 0.409. The van der Waals surface area contributed by atoms with Crippen LogP contribution >= 0.6 is 0 Å². The smallest absolute Gasteiger partial charge is 0.232 e. The molecule has 4 heteroatoms. The molecular weight excluding hydrogens is 324 g/mol. The van der Waals surface area contributed by atoms with Crippen molar-refractivity contribution in [2.24, 2.45) is 5.41 Å². The Kier molecular flexibility index (Phi) is 4.68. The van der Waals surface area contributed by atoms with Crippen LogP contribution in [0.1, 0.15) is 23.1 Å². The van der Waals surface area contributed by atoms with E-state index in [1.807, 2.05) is 18.2 Å². The lowest BCUT2D eigenvalue weighted by Gasteiger charge is -2.44. The van der Waals surface area contributed by atoms with Gasteiger partial charge in [0.25, 0.3) is 0 Å². The number of rotatable bonds is 4. The largest absolute Gasteiger partial charge is 0.497 e. The molecule has 4 nitrogen and oxygen atoms in total. The number of carbonyl (C=O) groups is 1. The minimum absolute atomic E-state index is 0.288. The number of benzene rings is 2. The van der Waals surface area contributed by atoms with Crippen molar-refractivity contribution >= 4 is 5.91 Å². The first-order chi connectivity index (χ1) is 12.7. The second kappa shape index (κ2) is 7.12. The number of nitrogens with one attached hydrogen (secondary N) is 1. The minimum atomic E-state index is -0.328.